The first-order valence-corrected chi connectivity index (χ1v) is 9.51. The predicted octanol–water partition coefficient (Wildman–Crippen LogP) is 3.88. The van der Waals surface area contributed by atoms with Crippen LogP contribution in [0.25, 0.3) is 0 Å². The maximum absolute atomic E-state index is 13.2. The lowest BCUT2D eigenvalue weighted by atomic mass is 9.88. The molecule has 0 N–H and O–H groups in total. The molecular weight excluding hydrogens is 334 g/mol. The standard InChI is InChI=1S/C23H27N3O/c1-17-6-4-9-21(14-17)22(25(2)3)23(27)26-12-10-19(11-13-26)20-8-5-7-18(15-20)16-24/h4-9,14-15,19,22H,10-13H2,1-3H3/t22-/m0/s1. The van der Waals surface area contributed by atoms with E-state index in [4.69, 9.17) is 5.26 Å². The summed E-state index contributed by atoms with van der Waals surface area (Å²) < 4.78 is 0. The lowest BCUT2D eigenvalue weighted by Crippen LogP contribution is -2.44. The van der Waals surface area contributed by atoms with Crippen LogP contribution in [0.4, 0.5) is 0 Å². The number of piperidine rings is 1. The molecule has 27 heavy (non-hydrogen) atoms. The summed E-state index contributed by atoms with van der Waals surface area (Å²) >= 11 is 0. The molecule has 4 heteroatoms. The average molecular weight is 361 g/mol. The molecule has 0 radical (unpaired) electrons. The van der Waals surface area contributed by atoms with E-state index in [-0.39, 0.29) is 11.9 Å². The van der Waals surface area contributed by atoms with Crippen LogP contribution in [0.2, 0.25) is 0 Å². The second-order valence-corrected chi connectivity index (χ2v) is 7.62. The Morgan fingerprint density at radius 1 is 1.15 bits per heavy atom. The molecule has 1 saturated heterocycles. The van der Waals surface area contributed by atoms with E-state index in [1.807, 2.05) is 54.2 Å². The van der Waals surface area contributed by atoms with Gasteiger partial charge in [-0.25, -0.2) is 0 Å². The number of rotatable bonds is 4. The minimum atomic E-state index is -0.247. The van der Waals surface area contributed by atoms with Crippen molar-refractivity contribution in [2.45, 2.75) is 31.7 Å². The topological polar surface area (TPSA) is 47.3 Å². The van der Waals surface area contributed by atoms with Gasteiger partial charge in [-0.15, -0.1) is 0 Å². The van der Waals surface area contributed by atoms with E-state index in [0.717, 1.165) is 31.5 Å². The fourth-order valence-corrected chi connectivity index (χ4v) is 3.97. The molecule has 0 aliphatic carbocycles. The first-order valence-electron chi connectivity index (χ1n) is 9.51. The molecular formula is C23H27N3O. The molecule has 140 valence electrons. The molecule has 3 rings (SSSR count). The fourth-order valence-electron chi connectivity index (χ4n) is 3.97. The third-order valence-corrected chi connectivity index (χ3v) is 5.40. The Labute approximate surface area is 162 Å². The van der Waals surface area contributed by atoms with Crippen LogP contribution in [-0.2, 0) is 4.79 Å². The summed E-state index contributed by atoms with van der Waals surface area (Å²) in [5.74, 6) is 0.592. The van der Waals surface area contributed by atoms with Gasteiger partial charge in [0.2, 0.25) is 5.91 Å². The van der Waals surface area contributed by atoms with Crippen LogP contribution in [0.1, 0.15) is 47.1 Å². The van der Waals surface area contributed by atoms with Gasteiger partial charge in [-0.05, 0) is 63.0 Å². The van der Waals surface area contributed by atoms with Gasteiger partial charge < -0.3 is 4.90 Å². The quantitative estimate of drug-likeness (QED) is 0.830. The molecule has 2 aromatic carbocycles. The zero-order valence-corrected chi connectivity index (χ0v) is 16.4. The summed E-state index contributed by atoms with van der Waals surface area (Å²) in [5, 5.41) is 9.11. The molecule has 4 nitrogen and oxygen atoms in total. The van der Waals surface area contributed by atoms with E-state index >= 15 is 0 Å². The summed E-state index contributed by atoms with van der Waals surface area (Å²) in [7, 11) is 3.93. The molecule has 1 heterocycles. The highest BCUT2D eigenvalue weighted by Gasteiger charge is 2.31. The SMILES string of the molecule is Cc1cccc([C@@H](C(=O)N2CCC(c3cccc(C#N)c3)CC2)N(C)C)c1. The van der Waals surface area contributed by atoms with Gasteiger partial charge in [0.05, 0.1) is 11.6 Å². The number of hydrogen-bond donors (Lipinski definition) is 0. The monoisotopic (exact) mass is 361 g/mol. The molecule has 0 spiro atoms. The zero-order chi connectivity index (χ0) is 19.4. The minimum Gasteiger partial charge on any atom is -0.341 e. The molecule has 0 aromatic heterocycles. The number of likely N-dealkylation sites (tertiary alicyclic amines) is 1. The fraction of sp³-hybridized carbons (Fsp3) is 0.391. The molecule has 1 aliphatic heterocycles. The molecule has 1 aliphatic rings. The van der Waals surface area contributed by atoms with E-state index in [0.29, 0.717) is 11.5 Å². The average Bonchev–Trinajstić information content (AvgIpc) is 2.68. The number of carbonyl (C=O) groups excluding carboxylic acids is 1. The second kappa shape index (κ2) is 8.37. The van der Waals surface area contributed by atoms with Gasteiger partial charge >= 0.3 is 0 Å². The Hall–Kier alpha value is -2.64. The first-order chi connectivity index (χ1) is 13.0. The highest BCUT2D eigenvalue weighted by molar-refractivity contribution is 5.83. The Morgan fingerprint density at radius 2 is 1.85 bits per heavy atom. The summed E-state index contributed by atoms with van der Waals surface area (Å²) in [6.45, 7) is 3.58. The van der Waals surface area contributed by atoms with Crippen LogP contribution in [-0.4, -0.2) is 42.9 Å². The molecule has 0 saturated carbocycles. The van der Waals surface area contributed by atoms with Gasteiger partial charge in [0.25, 0.3) is 0 Å². The number of nitrogens with zero attached hydrogens (tertiary/aromatic N) is 3. The van der Waals surface area contributed by atoms with Gasteiger partial charge in [0.1, 0.15) is 6.04 Å². The molecule has 1 fully saturated rings. The molecule has 0 unspecified atom stereocenters. The number of benzene rings is 2. The Balaban J connectivity index is 1.70. The summed E-state index contributed by atoms with van der Waals surface area (Å²) in [6.07, 6.45) is 1.88. The molecule has 1 amide bonds. The van der Waals surface area contributed by atoms with Crippen LogP contribution in [0, 0.1) is 18.3 Å². The lowest BCUT2D eigenvalue weighted by molar-refractivity contribution is -0.137. The predicted molar refractivity (Wildman–Crippen MR) is 107 cm³/mol. The Bertz CT molecular complexity index is 845. The summed E-state index contributed by atoms with van der Waals surface area (Å²) in [5.41, 5.74) is 4.14. The van der Waals surface area contributed by atoms with Crippen molar-refractivity contribution in [1.29, 1.82) is 5.26 Å². The first kappa shape index (κ1) is 19.1. The number of aryl methyl sites for hydroxylation is 1. The van der Waals surface area contributed by atoms with Crippen molar-refractivity contribution >= 4 is 5.91 Å². The van der Waals surface area contributed by atoms with Gasteiger partial charge in [-0.1, -0.05) is 42.0 Å². The van der Waals surface area contributed by atoms with Crippen LogP contribution >= 0.6 is 0 Å². The van der Waals surface area contributed by atoms with E-state index in [9.17, 15) is 4.79 Å². The van der Waals surface area contributed by atoms with Crippen molar-refractivity contribution < 1.29 is 4.79 Å². The highest BCUT2D eigenvalue weighted by atomic mass is 16.2. The minimum absolute atomic E-state index is 0.176. The van der Waals surface area contributed by atoms with Crippen LogP contribution in [0.5, 0.6) is 0 Å². The number of carbonyl (C=O) groups is 1. The third-order valence-electron chi connectivity index (χ3n) is 5.40. The zero-order valence-electron chi connectivity index (χ0n) is 16.4. The van der Waals surface area contributed by atoms with E-state index < -0.39 is 0 Å². The maximum atomic E-state index is 13.2. The van der Waals surface area contributed by atoms with Crippen LogP contribution < -0.4 is 0 Å². The molecule has 2 aromatic rings. The van der Waals surface area contributed by atoms with Gasteiger partial charge in [-0.2, -0.15) is 5.26 Å². The largest absolute Gasteiger partial charge is 0.341 e. The van der Waals surface area contributed by atoms with Crippen LogP contribution in [0.15, 0.2) is 48.5 Å². The van der Waals surface area contributed by atoms with Crippen LogP contribution in [0.3, 0.4) is 0 Å². The van der Waals surface area contributed by atoms with Crippen molar-refractivity contribution in [3.63, 3.8) is 0 Å². The van der Waals surface area contributed by atoms with Gasteiger partial charge in [0, 0.05) is 13.1 Å². The Kier molecular flexibility index (Phi) is 5.93. The smallest absolute Gasteiger partial charge is 0.244 e. The number of likely N-dealkylation sites (N-methyl/N-ethyl adjacent to an activating group) is 1. The summed E-state index contributed by atoms with van der Waals surface area (Å²) in [6, 6.07) is 18.0. The van der Waals surface area contributed by atoms with E-state index in [2.05, 4.69) is 31.2 Å². The maximum Gasteiger partial charge on any atom is 0.244 e. The summed E-state index contributed by atoms with van der Waals surface area (Å²) in [4.78, 5) is 17.2. The second-order valence-electron chi connectivity index (χ2n) is 7.62. The van der Waals surface area contributed by atoms with Crippen molar-refractivity contribution in [1.82, 2.24) is 9.80 Å². The number of amides is 1. The van der Waals surface area contributed by atoms with Gasteiger partial charge in [0.15, 0.2) is 0 Å². The van der Waals surface area contributed by atoms with E-state index in [1.54, 1.807) is 0 Å². The molecule has 1 atom stereocenters. The van der Waals surface area contributed by atoms with Crippen molar-refractivity contribution in [2.24, 2.45) is 0 Å². The Morgan fingerprint density at radius 3 is 2.48 bits per heavy atom. The third kappa shape index (κ3) is 4.37. The number of nitriles is 1. The molecule has 0 bridgehead atoms. The normalized spacial score (nSPS) is 16.2. The van der Waals surface area contributed by atoms with Crippen molar-refractivity contribution in [3.05, 3.63) is 70.8 Å². The van der Waals surface area contributed by atoms with E-state index in [1.165, 1.54) is 11.1 Å². The van der Waals surface area contributed by atoms with Crippen molar-refractivity contribution in [2.75, 3.05) is 27.2 Å². The lowest BCUT2D eigenvalue weighted by Gasteiger charge is -2.36. The number of hydrogen-bond acceptors (Lipinski definition) is 3. The van der Waals surface area contributed by atoms with Gasteiger partial charge in [-0.3, -0.25) is 9.69 Å². The highest BCUT2D eigenvalue weighted by Crippen LogP contribution is 2.31. The van der Waals surface area contributed by atoms with Crippen molar-refractivity contribution in [3.8, 4) is 6.07 Å².